The van der Waals surface area contributed by atoms with E-state index in [0.29, 0.717) is 19.5 Å². The molecule has 0 bridgehead atoms. The van der Waals surface area contributed by atoms with E-state index in [-0.39, 0.29) is 12.5 Å². The van der Waals surface area contributed by atoms with Crippen molar-refractivity contribution >= 4 is 5.91 Å². The Kier molecular flexibility index (Phi) is 3.21. The number of amides is 1. The molecule has 1 aliphatic heterocycles. The number of β-amino-alcohol motifs (C(OH)–C–C–N with tert-alkyl or cyclic N) is 1. The van der Waals surface area contributed by atoms with Crippen molar-refractivity contribution in [2.24, 2.45) is 0 Å². The first-order valence-electron chi connectivity index (χ1n) is 5.35. The van der Waals surface area contributed by atoms with Crippen molar-refractivity contribution < 1.29 is 9.90 Å². The molecule has 0 aromatic carbocycles. The fraction of sp³-hybridized carbons (Fsp3) is 0.600. The summed E-state index contributed by atoms with van der Waals surface area (Å²) in [6.07, 6.45) is 4.03. The molecule has 2 rings (SSSR count). The lowest BCUT2D eigenvalue weighted by atomic mass is 10.0. The van der Waals surface area contributed by atoms with Crippen LogP contribution in [0.5, 0.6) is 0 Å². The van der Waals surface area contributed by atoms with E-state index >= 15 is 0 Å². The van der Waals surface area contributed by atoms with Gasteiger partial charge in [0.2, 0.25) is 5.91 Å². The lowest BCUT2D eigenvalue weighted by molar-refractivity contribution is -0.123. The van der Waals surface area contributed by atoms with Crippen molar-refractivity contribution in [1.29, 1.82) is 0 Å². The number of nitrogens with zero attached hydrogens (tertiary/aromatic N) is 2. The number of aromatic nitrogens is 2. The van der Waals surface area contributed by atoms with Crippen LogP contribution < -0.4 is 10.6 Å². The van der Waals surface area contributed by atoms with E-state index in [4.69, 9.17) is 0 Å². The average molecular weight is 224 g/mol. The van der Waals surface area contributed by atoms with Crippen molar-refractivity contribution in [1.82, 2.24) is 20.4 Å². The van der Waals surface area contributed by atoms with Gasteiger partial charge >= 0.3 is 0 Å². The summed E-state index contributed by atoms with van der Waals surface area (Å²) in [7, 11) is 0. The van der Waals surface area contributed by atoms with Gasteiger partial charge in [-0.25, -0.2) is 0 Å². The van der Waals surface area contributed by atoms with Crippen LogP contribution in [-0.4, -0.2) is 46.0 Å². The summed E-state index contributed by atoms with van der Waals surface area (Å²) in [4.78, 5) is 11.5. The van der Waals surface area contributed by atoms with Gasteiger partial charge in [0, 0.05) is 25.5 Å². The highest BCUT2D eigenvalue weighted by Gasteiger charge is 2.31. The van der Waals surface area contributed by atoms with E-state index in [1.807, 2.05) is 0 Å². The summed E-state index contributed by atoms with van der Waals surface area (Å²) in [5.74, 6) is -0.135. The quantitative estimate of drug-likeness (QED) is 0.595. The molecule has 1 aromatic heterocycles. The van der Waals surface area contributed by atoms with Crippen molar-refractivity contribution in [2.45, 2.75) is 18.6 Å². The second-order valence-corrected chi connectivity index (χ2v) is 4.13. The van der Waals surface area contributed by atoms with Gasteiger partial charge in [-0.3, -0.25) is 9.48 Å². The Hall–Kier alpha value is -1.40. The molecule has 2 heterocycles. The third-order valence-electron chi connectivity index (χ3n) is 2.70. The molecule has 1 atom stereocenters. The van der Waals surface area contributed by atoms with Crippen LogP contribution in [0.15, 0.2) is 18.5 Å². The van der Waals surface area contributed by atoms with E-state index in [9.17, 15) is 9.90 Å². The molecule has 1 amide bonds. The minimum Gasteiger partial charge on any atom is -0.387 e. The number of rotatable bonds is 4. The fourth-order valence-corrected chi connectivity index (χ4v) is 1.74. The summed E-state index contributed by atoms with van der Waals surface area (Å²) in [5, 5.41) is 19.7. The summed E-state index contributed by atoms with van der Waals surface area (Å²) < 4.78 is 1.55. The number of hydrogen-bond acceptors (Lipinski definition) is 4. The highest BCUT2D eigenvalue weighted by molar-refractivity contribution is 5.75. The first-order valence-corrected chi connectivity index (χ1v) is 5.35. The van der Waals surface area contributed by atoms with Gasteiger partial charge in [-0.05, 0) is 19.0 Å². The van der Waals surface area contributed by atoms with Gasteiger partial charge in [0.15, 0.2) is 0 Å². The molecule has 16 heavy (non-hydrogen) atoms. The van der Waals surface area contributed by atoms with Crippen LogP contribution in [-0.2, 0) is 11.3 Å². The van der Waals surface area contributed by atoms with Gasteiger partial charge < -0.3 is 15.7 Å². The van der Waals surface area contributed by atoms with Crippen molar-refractivity contribution in [3.8, 4) is 0 Å². The van der Waals surface area contributed by atoms with Gasteiger partial charge in [-0.1, -0.05) is 0 Å². The molecular weight excluding hydrogens is 208 g/mol. The number of nitrogens with one attached hydrogen (secondary N) is 2. The van der Waals surface area contributed by atoms with E-state index < -0.39 is 5.60 Å². The third-order valence-corrected chi connectivity index (χ3v) is 2.70. The van der Waals surface area contributed by atoms with Crippen molar-refractivity contribution in [3.05, 3.63) is 18.5 Å². The fourth-order valence-electron chi connectivity index (χ4n) is 1.74. The van der Waals surface area contributed by atoms with E-state index in [2.05, 4.69) is 15.7 Å². The maximum Gasteiger partial charge on any atom is 0.241 e. The maximum atomic E-state index is 11.5. The largest absolute Gasteiger partial charge is 0.387 e. The molecule has 6 heteroatoms. The Morgan fingerprint density at radius 2 is 2.56 bits per heavy atom. The van der Waals surface area contributed by atoms with E-state index in [1.165, 1.54) is 0 Å². The average Bonchev–Trinajstić information content (AvgIpc) is 2.88. The van der Waals surface area contributed by atoms with E-state index in [1.54, 1.807) is 23.1 Å². The monoisotopic (exact) mass is 224 g/mol. The molecular formula is C10H16N4O2. The first-order chi connectivity index (χ1) is 7.68. The van der Waals surface area contributed by atoms with Crippen LogP contribution in [0, 0.1) is 0 Å². The first kappa shape index (κ1) is 11.1. The molecule has 1 unspecified atom stereocenters. The normalized spacial score (nSPS) is 24.6. The van der Waals surface area contributed by atoms with Crippen LogP contribution in [0.3, 0.4) is 0 Å². The third kappa shape index (κ3) is 2.80. The molecule has 3 N–H and O–H groups in total. The Labute approximate surface area is 93.6 Å². The van der Waals surface area contributed by atoms with Crippen molar-refractivity contribution in [3.63, 3.8) is 0 Å². The van der Waals surface area contributed by atoms with Gasteiger partial charge in [0.05, 0.1) is 5.60 Å². The molecule has 0 saturated carbocycles. The summed E-state index contributed by atoms with van der Waals surface area (Å²) in [5.41, 5.74) is -0.792. The minimum absolute atomic E-state index is 0.135. The van der Waals surface area contributed by atoms with Gasteiger partial charge in [0.25, 0.3) is 0 Å². The zero-order valence-electron chi connectivity index (χ0n) is 9.02. The molecule has 6 nitrogen and oxygen atoms in total. The van der Waals surface area contributed by atoms with Gasteiger partial charge in [-0.2, -0.15) is 5.10 Å². The summed E-state index contributed by atoms with van der Waals surface area (Å²) in [6.45, 7) is 1.82. The maximum absolute atomic E-state index is 11.5. The van der Waals surface area contributed by atoms with Crippen LogP contribution in [0.2, 0.25) is 0 Å². The second kappa shape index (κ2) is 4.63. The Bertz CT molecular complexity index is 344. The highest BCUT2D eigenvalue weighted by atomic mass is 16.3. The molecule has 1 aromatic rings. The molecule has 0 aliphatic carbocycles. The minimum atomic E-state index is -0.792. The lowest BCUT2D eigenvalue weighted by Crippen LogP contribution is -2.45. The standard InChI is InChI=1S/C10H16N4O2/c15-9(6-14-5-1-3-13-14)12-8-10(16)2-4-11-7-10/h1,3,5,11,16H,2,4,6-8H2,(H,12,15). The topological polar surface area (TPSA) is 79.2 Å². The summed E-state index contributed by atoms with van der Waals surface area (Å²) in [6, 6.07) is 1.77. The lowest BCUT2D eigenvalue weighted by Gasteiger charge is -2.21. The number of carbonyl (C=O) groups is 1. The smallest absolute Gasteiger partial charge is 0.241 e. The zero-order valence-corrected chi connectivity index (χ0v) is 9.02. The molecule has 0 spiro atoms. The van der Waals surface area contributed by atoms with Crippen LogP contribution in [0.25, 0.3) is 0 Å². The van der Waals surface area contributed by atoms with Gasteiger partial charge in [-0.15, -0.1) is 0 Å². The summed E-state index contributed by atoms with van der Waals surface area (Å²) >= 11 is 0. The Morgan fingerprint density at radius 1 is 1.69 bits per heavy atom. The van der Waals surface area contributed by atoms with Gasteiger partial charge in [0.1, 0.15) is 6.54 Å². The predicted octanol–water partition coefficient (Wildman–Crippen LogP) is -1.28. The number of aliphatic hydroxyl groups is 1. The molecule has 0 radical (unpaired) electrons. The predicted molar refractivity (Wildman–Crippen MR) is 57.7 cm³/mol. The number of hydrogen-bond donors (Lipinski definition) is 3. The Morgan fingerprint density at radius 3 is 3.19 bits per heavy atom. The van der Waals surface area contributed by atoms with E-state index in [0.717, 1.165) is 6.54 Å². The molecule has 88 valence electrons. The second-order valence-electron chi connectivity index (χ2n) is 4.13. The van der Waals surface area contributed by atoms with Crippen LogP contribution >= 0.6 is 0 Å². The van der Waals surface area contributed by atoms with Crippen LogP contribution in [0.1, 0.15) is 6.42 Å². The SMILES string of the molecule is O=C(Cn1cccn1)NCC1(O)CCNC1. The highest BCUT2D eigenvalue weighted by Crippen LogP contribution is 2.12. The Balaban J connectivity index is 1.75. The van der Waals surface area contributed by atoms with Crippen LogP contribution in [0.4, 0.5) is 0 Å². The molecule has 1 saturated heterocycles. The number of carbonyl (C=O) groups excluding carboxylic acids is 1. The van der Waals surface area contributed by atoms with Crippen molar-refractivity contribution in [2.75, 3.05) is 19.6 Å². The zero-order chi connectivity index (χ0) is 11.4. The molecule has 1 fully saturated rings. The molecule has 1 aliphatic rings.